The zero-order valence-corrected chi connectivity index (χ0v) is 6.09. The van der Waals surface area contributed by atoms with Crippen molar-refractivity contribution in [3.8, 4) is 0 Å². The molecule has 40 valence electrons. The van der Waals surface area contributed by atoms with Crippen LogP contribution in [0.15, 0.2) is 0 Å². The molecule has 0 saturated carbocycles. The molecule has 0 aromatic rings. The van der Waals surface area contributed by atoms with Crippen molar-refractivity contribution in [2.24, 2.45) is 0 Å². The first-order valence-electron chi connectivity index (χ1n) is 2.06. The van der Waals surface area contributed by atoms with E-state index in [1.165, 1.54) is 0 Å². The van der Waals surface area contributed by atoms with Crippen LogP contribution in [0.3, 0.4) is 0 Å². The molecule has 1 saturated heterocycles. The number of carbonyl (C=O) groups excluding carboxylic acids is 1. The summed E-state index contributed by atoms with van der Waals surface area (Å²) < 4.78 is 0.403. The van der Waals surface area contributed by atoms with E-state index in [-0.39, 0.29) is 0 Å². The van der Waals surface area contributed by atoms with Gasteiger partial charge in [-0.15, -0.1) is 11.8 Å². The fourth-order valence-corrected chi connectivity index (χ4v) is 2.03. The summed E-state index contributed by atoms with van der Waals surface area (Å²) in [7, 11) is 0. The molecule has 0 aromatic heterocycles. The Morgan fingerprint density at radius 2 is 2.57 bits per heavy atom. The maximum Gasteiger partial charge on any atom is 0.144 e. The van der Waals surface area contributed by atoms with Gasteiger partial charge in [-0.2, -0.15) is 0 Å². The number of halogens is 1. The van der Waals surface area contributed by atoms with Gasteiger partial charge in [0, 0.05) is 6.42 Å². The summed E-state index contributed by atoms with van der Waals surface area (Å²) in [6.45, 7) is 0. The second-order valence-electron chi connectivity index (χ2n) is 1.46. The van der Waals surface area contributed by atoms with Gasteiger partial charge in [-0.1, -0.05) is 15.9 Å². The van der Waals surface area contributed by atoms with Crippen molar-refractivity contribution in [3.63, 3.8) is 0 Å². The van der Waals surface area contributed by atoms with E-state index in [1.54, 1.807) is 11.8 Å². The van der Waals surface area contributed by atoms with Crippen LogP contribution in [-0.2, 0) is 4.79 Å². The van der Waals surface area contributed by atoms with Gasteiger partial charge in [-0.3, -0.25) is 4.79 Å². The lowest BCUT2D eigenvalue weighted by molar-refractivity contribution is -0.115. The van der Waals surface area contributed by atoms with Crippen molar-refractivity contribution in [3.05, 3.63) is 0 Å². The molecule has 0 bridgehead atoms. The standard InChI is InChI=1S/C4H5BrOS/c5-4-1-3(6)2-7-4/h4H,1-2H2. The summed E-state index contributed by atoms with van der Waals surface area (Å²) in [5, 5.41) is 0. The molecule has 0 radical (unpaired) electrons. The van der Waals surface area contributed by atoms with Crippen molar-refractivity contribution in [1.29, 1.82) is 0 Å². The first kappa shape index (κ1) is 5.63. The highest BCUT2D eigenvalue weighted by molar-refractivity contribution is 9.11. The van der Waals surface area contributed by atoms with Crippen molar-refractivity contribution < 1.29 is 4.79 Å². The SMILES string of the molecule is O=C1CSC(Br)C1. The fourth-order valence-electron chi connectivity index (χ4n) is 0.480. The highest BCUT2D eigenvalue weighted by Gasteiger charge is 2.18. The zero-order valence-electron chi connectivity index (χ0n) is 3.69. The fraction of sp³-hybridized carbons (Fsp3) is 0.750. The van der Waals surface area contributed by atoms with Crippen LogP contribution in [0.4, 0.5) is 0 Å². The Balaban J connectivity index is 2.40. The number of carbonyl (C=O) groups is 1. The van der Waals surface area contributed by atoms with E-state index in [2.05, 4.69) is 15.9 Å². The quantitative estimate of drug-likeness (QED) is 0.525. The Labute approximate surface area is 55.0 Å². The monoisotopic (exact) mass is 180 g/mol. The van der Waals surface area contributed by atoms with Gasteiger partial charge in [0.25, 0.3) is 0 Å². The van der Waals surface area contributed by atoms with Crippen LogP contribution in [0.5, 0.6) is 0 Å². The van der Waals surface area contributed by atoms with Gasteiger partial charge >= 0.3 is 0 Å². The number of Topliss-reactive ketones (excluding diaryl/α,β-unsaturated/α-hetero) is 1. The number of rotatable bonds is 0. The van der Waals surface area contributed by atoms with Crippen LogP contribution >= 0.6 is 27.7 Å². The molecule has 0 amide bonds. The van der Waals surface area contributed by atoms with Gasteiger partial charge in [0.1, 0.15) is 5.78 Å². The third-order valence-electron chi connectivity index (χ3n) is 0.813. The molecule has 0 N–H and O–H groups in total. The first-order valence-corrected chi connectivity index (χ1v) is 4.03. The lowest BCUT2D eigenvalue weighted by Crippen LogP contribution is -1.91. The van der Waals surface area contributed by atoms with Crippen LogP contribution < -0.4 is 0 Å². The van der Waals surface area contributed by atoms with E-state index in [1.807, 2.05) is 0 Å². The van der Waals surface area contributed by atoms with E-state index < -0.39 is 0 Å². The average Bonchev–Trinajstić information content (AvgIpc) is 1.87. The lowest BCUT2D eigenvalue weighted by Gasteiger charge is -1.87. The predicted octanol–water partition coefficient (Wildman–Crippen LogP) is 1.41. The molecule has 1 heterocycles. The highest BCUT2D eigenvalue weighted by atomic mass is 79.9. The summed E-state index contributed by atoms with van der Waals surface area (Å²) >= 11 is 4.99. The van der Waals surface area contributed by atoms with E-state index >= 15 is 0 Å². The summed E-state index contributed by atoms with van der Waals surface area (Å²) in [5.74, 6) is 1.07. The molecule has 7 heavy (non-hydrogen) atoms. The molecule has 1 atom stereocenters. The number of alkyl halides is 1. The van der Waals surface area contributed by atoms with Crippen molar-refractivity contribution in [2.75, 3.05) is 5.75 Å². The summed E-state index contributed by atoms with van der Waals surface area (Å²) in [6.07, 6.45) is 0.713. The lowest BCUT2D eigenvalue weighted by atomic mass is 10.4. The highest BCUT2D eigenvalue weighted by Crippen LogP contribution is 2.27. The minimum Gasteiger partial charge on any atom is -0.299 e. The summed E-state index contributed by atoms with van der Waals surface area (Å²) in [4.78, 5) is 10.4. The molecule has 1 aliphatic rings. The molecule has 1 aliphatic heterocycles. The Morgan fingerprint density at radius 1 is 1.86 bits per heavy atom. The Hall–Kier alpha value is 0.500. The number of ketones is 1. The van der Waals surface area contributed by atoms with Gasteiger partial charge in [0.2, 0.25) is 0 Å². The largest absolute Gasteiger partial charge is 0.299 e. The minimum absolute atomic E-state index is 0.367. The molecule has 1 nitrogen and oxygen atoms in total. The van der Waals surface area contributed by atoms with Crippen LogP contribution in [0.25, 0.3) is 0 Å². The van der Waals surface area contributed by atoms with E-state index in [4.69, 9.17) is 0 Å². The normalized spacial score (nSPS) is 31.6. The van der Waals surface area contributed by atoms with Gasteiger partial charge < -0.3 is 0 Å². The third-order valence-corrected chi connectivity index (χ3v) is 2.95. The molecule has 0 spiro atoms. The van der Waals surface area contributed by atoms with Crippen LogP contribution in [0.1, 0.15) is 6.42 Å². The average molecular weight is 181 g/mol. The van der Waals surface area contributed by atoms with Gasteiger partial charge in [-0.25, -0.2) is 0 Å². The minimum atomic E-state index is 0.367. The Kier molecular flexibility index (Phi) is 1.75. The van der Waals surface area contributed by atoms with Crippen LogP contribution in [-0.4, -0.2) is 15.7 Å². The van der Waals surface area contributed by atoms with E-state index in [9.17, 15) is 4.79 Å². The molecular weight excluding hydrogens is 176 g/mol. The molecular formula is C4H5BrOS. The third kappa shape index (κ3) is 1.46. The van der Waals surface area contributed by atoms with Gasteiger partial charge in [-0.05, 0) is 0 Å². The molecule has 0 aromatic carbocycles. The Morgan fingerprint density at radius 3 is 2.71 bits per heavy atom. The van der Waals surface area contributed by atoms with E-state index in [0.717, 1.165) is 0 Å². The maximum atomic E-state index is 10.4. The number of hydrogen-bond donors (Lipinski definition) is 0. The summed E-state index contributed by atoms with van der Waals surface area (Å²) in [5.41, 5.74) is 0. The smallest absolute Gasteiger partial charge is 0.144 e. The number of thioether (sulfide) groups is 1. The van der Waals surface area contributed by atoms with Gasteiger partial charge in [0.15, 0.2) is 0 Å². The molecule has 0 aliphatic carbocycles. The van der Waals surface area contributed by atoms with Crippen LogP contribution in [0.2, 0.25) is 0 Å². The zero-order chi connectivity index (χ0) is 5.28. The maximum absolute atomic E-state index is 10.4. The summed E-state index contributed by atoms with van der Waals surface area (Å²) in [6, 6.07) is 0. The van der Waals surface area contributed by atoms with Crippen molar-refractivity contribution >= 4 is 33.5 Å². The van der Waals surface area contributed by atoms with Crippen molar-refractivity contribution in [2.45, 2.75) is 10.6 Å². The van der Waals surface area contributed by atoms with Gasteiger partial charge in [0.05, 0.1) is 9.91 Å². The van der Waals surface area contributed by atoms with E-state index in [0.29, 0.717) is 22.1 Å². The second-order valence-corrected chi connectivity index (χ2v) is 4.37. The molecule has 1 unspecified atom stereocenters. The second kappa shape index (κ2) is 2.18. The topological polar surface area (TPSA) is 17.1 Å². The van der Waals surface area contributed by atoms with Crippen molar-refractivity contribution in [1.82, 2.24) is 0 Å². The molecule has 1 rings (SSSR count). The Bertz CT molecular complexity index is 93.7. The number of hydrogen-bond acceptors (Lipinski definition) is 2. The first-order chi connectivity index (χ1) is 3.29. The molecule has 3 heteroatoms. The molecule has 1 fully saturated rings. The van der Waals surface area contributed by atoms with Crippen LogP contribution in [0, 0.1) is 0 Å². The predicted molar refractivity (Wildman–Crippen MR) is 34.8 cm³/mol.